The van der Waals surface area contributed by atoms with Crippen LogP contribution in [-0.4, -0.2) is 23.0 Å². The third kappa shape index (κ3) is 5.22. The standard InChI is InChI=1S/C20H17F3N4O2/c1-29-17-8-7-13(11-25-17)12-26-18-16(6-3-9-24-18)19(28)27-15-5-2-4-14(10-15)20(21,22)23/h2-11H,12H2,1H3,(H,24,26)(H,27,28). The van der Waals surface area contributed by atoms with Crippen molar-refractivity contribution < 1.29 is 22.7 Å². The Morgan fingerprint density at radius 2 is 1.93 bits per heavy atom. The molecule has 0 saturated carbocycles. The molecule has 2 aromatic heterocycles. The molecule has 3 aromatic rings. The van der Waals surface area contributed by atoms with Crippen molar-refractivity contribution >= 4 is 17.4 Å². The van der Waals surface area contributed by atoms with E-state index >= 15 is 0 Å². The Morgan fingerprint density at radius 3 is 2.62 bits per heavy atom. The van der Waals surface area contributed by atoms with Gasteiger partial charge in [0.1, 0.15) is 5.82 Å². The Kier molecular flexibility index (Phi) is 5.96. The Balaban J connectivity index is 1.73. The van der Waals surface area contributed by atoms with Crippen molar-refractivity contribution in [1.29, 1.82) is 0 Å². The van der Waals surface area contributed by atoms with E-state index in [4.69, 9.17) is 4.74 Å². The number of ether oxygens (including phenoxy) is 1. The lowest BCUT2D eigenvalue weighted by Crippen LogP contribution is -2.16. The topological polar surface area (TPSA) is 76.1 Å². The number of carbonyl (C=O) groups excluding carboxylic acids is 1. The summed E-state index contributed by atoms with van der Waals surface area (Å²) in [6.07, 6.45) is -1.36. The van der Waals surface area contributed by atoms with Gasteiger partial charge in [-0.3, -0.25) is 4.79 Å². The number of pyridine rings is 2. The zero-order valence-electron chi connectivity index (χ0n) is 15.3. The molecule has 0 spiro atoms. The van der Waals surface area contributed by atoms with Crippen LogP contribution >= 0.6 is 0 Å². The maximum absolute atomic E-state index is 12.9. The van der Waals surface area contributed by atoms with E-state index in [0.29, 0.717) is 18.2 Å². The number of halogens is 3. The van der Waals surface area contributed by atoms with Crippen LogP contribution in [0, 0.1) is 0 Å². The third-order valence-electron chi connectivity index (χ3n) is 3.97. The van der Waals surface area contributed by atoms with Gasteiger partial charge in [-0.2, -0.15) is 13.2 Å². The predicted octanol–water partition coefficient (Wildman–Crippen LogP) is 4.37. The van der Waals surface area contributed by atoms with E-state index < -0.39 is 17.6 Å². The van der Waals surface area contributed by atoms with Gasteiger partial charge in [-0.15, -0.1) is 0 Å². The van der Waals surface area contributed by atoms with Crippen LogP contribution in [0.15, 0.2) is 60.9 Å². The van der Waals surface area contributed by atoms with E-state index in [1.165, 1.54) is 31.5 Å². The second-order valence-electron chi connectivity index (χ2n) is 5.99. The van der Waals surface area contributed by atoms with Crippen LogP contribution < -0.4 is 15.4 Å². The Morgan fingerprint density at radius 1 is 1.10 bits per heavy atom. The molecule has 9 heteroatoms. The Hall–Kier alpha value is -3.62. The zero-order chi connectivity index (χ0) is 20.9. The minimum atomic E-state index is -4.49. The highest BCUT2D eigenvalue weighted by Crippen LogP contribution is 2.30. The normalized spacial score (nSPS) is 11.0. The van der Waals surface area contributed by atoms with Gasteiger partial charge in [0.25, 0.3) is 5.91 Å². The number of nitrogens with one attached hydrogen (secondary N) is 2. The molecule has 1 aromatic carbocycles. The van der Waals surface area contributed by atoms with Gasteiger partial charge in [0.15, 0.2) is 0 Å². The molecule has 0 unspecified atom stereocenters. The van der Waals surface area contributed by atoms with E-state index in [1.807, 2.05) is 6.07 Å². The van der Waals surface area contributed by atoms with Gasteiger partial charge in [-0.25, -0.2) is 9.97 Å². The molecule has 29 heavy (non-hydrogen) atoms. The van der Waals surface area contributed by atoms with Gasteiger partial charge in [0, 0.05) is 30.7 Å². The van der Waals surface area contributed by atoms with Crippen LogP contribution in [0.3, 0.4) is 0 Å². The van der Waals surface area contributed by atoms with Crippen molar-refractivity contribution in [2.24, 2.45) is 0 Å². The number of benzene rings is 1. The highest BCUT2D eigenvalue weighted by molar-refractivity contribution is 6.07. The first-order valence-corrected chi connectivity index (χ1v) is 8.53. The maximum atomic E-state index is 12.9. The number of nitrogens with zero attached hydrogens (tertiary/aromatic N) is 2. The molecule has 1 amide bonds. The van der Waals surface area contributed by atoms with Gasteiger partial charge in [0.2, 0.25) is 5.88 Å². The number of alkyl halides is 3. The van der Waals surface area contributed by atoms with Crippen LogP contribution in [0.4, 0.5) is 24.7 Å². The number of hydrogen-bond donors (Lipinski definition) is 2. The summed E-state index contributed by atoms with van der Waals surface area (Å²) in [6.45, 7) is 0.345. The van der Waals surface area contributed by atoms with E-state index in [2.05, 4.69) is 20.6 Å². The molecule has 0 radical (unpaired) electrons. The first-order valence-electron chi connectivity index (χ1n) is 8.53. The Bertz CT molecular complexity index is 992. The fourth-order valence-corrected chi connectivity index (χ4v) is 2.52. The second-order valence-corrected chi connectivity index (χ2v) is 5.99. The summed E-state index contributed by atoms with van der Waals surface area (Å²) in [5.41, 5.74) is 0.234. The van der Waals surface area contributed by atoms with Crippen LogP contribution in [0.2, 0.25) is 0 Å². The van der Waals surface area contributed by atoms with E-state index in [1.54, 1.807) is 18.3 Å². The van der Waals surface area contributed by atoms with Crippen LogP contribution in [0.5, 0.6) is 5.88 Å². The van der Waals surface area contributed by atoms with Crippen molar-refractivity contribution in [3.63, 3.8) is 0 Å². The molecule has 2 heterocycles. The highest BCUT2D eigenvalue weighted by Gasteiger charge is 2.30. The van der Waals surface area contributed by atoms with Gasteiger partial charge in [-0.05, 0) is 35.9 Å². The van der Waals surface area contributed by atoms with E-state index in [9.17, 15) is 18.0 Å². The molecule has 6 nitrogen and oxygen atoms in total. The summed E-state index contributed by atoms with van der Waals surface area (Å²) in [5, 5.41) is 5.51. The molecule has 0 fully saturated rings. The van der Waals surface area contributed by atoms with Crippen molar-refractivity contribution in [1.82, 2.24) is 9.97 Å². The van der Waals surface area contributed by atoms with Gasteiger partial charge in [-0.1, -0.05) is 12.1 Å². The van der Waals surface area contributed by atoms with Crippen molar-refractivity contribution in [2.45, 2.75) is 12.7 Å². The SMILES string of the molecule is COc1ccc(CNc2ncccc2C(=O)Nc2cccc(C(F)(F)F)c2)cn1. The molecule has 0 saturated heterocycles. The average Bonchev–Trinajstić information content (AvgIpc) is 2.72. The minimum Gasteiger partial charge on any atom is -0.481 e. The molecule has 150 valence electrons. The lowest BCUT2D eigenvalue weighted by molar-refractivity contribution is -0.137. The fourth-order valence-electron chi connectivity index (χ4n) is 2.52. The number of amides is 1. The summed E-state index contributed by atoms with van der Waals surface area (Å²) in [6, 6.07) is 11.1. The molecule has 0 aliphatic rings. The first kappa shape index (κ1) is 20.1. The second kappa shape index (κ2) is 8.59. The number of hydrogen-bond acceptors (Lipinski definition) is 5. The molecule has 2 N–H and O–H groups in total. The monoisotopic (exact) mass is 402 g/mol. The fraction of sp³-hybridized carbons (Fsp3) is 0.150. The smallest absolute Gasteiger partial charge is 0.416 e. The lowest BCUT2D eigenvalue weighted by atomic mass is 10.1. The van der Waals surface area contributed by atoms with Gasteiger partial charge >= 0.3 is 6.18 Å². The van der Waals surface area contributed by atoms with Gasteiger partial charge < -0.3 is 15.4 Å². The molecule has 0 aliphatic carbocycles. The van der Waals surface area contributed by atoms with E-state index in [0.717, 1.165) is 17.7 Å². The molecule has 3 rings (SSSR count). The van der Waals surface area contributed by atoms with Gasteiger partial charge in [0.05, 0.1) is 18.2 Å². The third-order valence-corrected chi connectivity index (χ3v) is 3.97. The van der Waals surface area contributed by atoms with Crippen molar-refractivity contribution in [3.05, 3.63) is 77.6 Å². The number of aromatic nitrogens is 2. The minimum absolute atomic E-state index is 0.0407. The summed E-state index contributed by atoms with van der Waals surface area (Å²) in [4.78, 5) is 20.8. The number of methoxy groups -OCH3 is 1. The predicted molar refractivity (Wildman–Crippen MR) is 102 cm³/mol. The first-order chi connectivity index (χ1) is 13.9. The van der Waals surface area contributed by atoms with Crippen LogP contribution in [0.25, 0.3) is 0 Å². The van der Waals surface area contributed by atoms with Crippen molar-refractivity contribution in [2.75, 3.05) is 17.7 Å². The average molecular weight is 402 g/mol. The quantitative estimate of drug-likeness (QED) is 0.640. The molecule has 0 bridgehead atoms. The zero-order valence-corrected chi connectivity index (χ0v) is 15.3. The molecule has 0 aliphatic heterocycles. The summed E-state index contributed by atoms with van der Waals surface area (Å²) in [7, 11) is 1.52. The number of anilines is 2. The molecular weight excluding hydrogens is 385 g/mol. The van der Waals surface area contributed by atoms with Crippen LogP contribution in [0.1, 0.15) is 21.5 Å². The lowest BCUT2D eigenvalue weighted by Gasteiger charge is -2.12. The largest absolute Gasteiger partial charge is 0.481 e. The summed E-state index contributed by atoms with van der Waals surface area (Å²) >= 11 is 0. The maximum Gasteiger partial charge on any atom is 0.416 e. The van der Waals surface area contributed by atoms with E-state index in [-0.39, 0.29) is 11.3 Å². The molecular formula is C20H17F3N4O2. The number of carbonyl (C=O) groups is 1. The molecule has 0 atom stereocenters. The highest BCUT2D eigenvalue weighted by atomic mass is 19.4. The summed E-state index contributed by atoms with van der Waals surface area (Å²) < 4.78 is 43.6. The Labute approximate surface area is 164 Å². The van der Waals surface area contributed by atoms with Crippen LogP contribution in [-0.2, 0) is 12.7 Å². The van der Waals surface area contributed by atoms with Crippen molar-refractivity contribution in [3.8, 4) is 5.88 Å². The summed E-state index contributed by atoms with van der Waals surface area (Å²) in [5.74, 6) is 0.202. The number of rotatable bonds is 6.